The second-order valence-electron chi connectivity index (χ2n) is 4.64. The highest BCUT2D eigenvalue weighted by Gasteiger charge is 2.41. The second kappa shape index (κ2) is 3.83. The van der Waals surface area contributed by atoms with Crippen molar-refractivity contribution in [3.8, 4) is 0 Å². The fraction of sp³-hybridized carbons (Fsp3) is 0.778. The minimum atomic E-state index is -0.315. The maximum atomic E-state index is 12.0. The Bertz CT molecular complexity index is 278. The number of thiol groups is 1. The lowest BCUT2D eigenvalue weighted by atomic mass is 10.1. The van der Waals surface area contributed by atoms with Crippen molar-refractivity contribution in [2.75, 3.05) is 14.1 Å². The van der Waals surface area contributed by atoms with E-state index in [2.05, 4.69) is 12.6 Å². The molecule has 1 unspecified atom stereocenters. The van der Waals surface area contributed by atoms with Gasteiger partial charge in [-0.25, -0.2) is 4.79 Å². The van der Waals surface area contributed by atoms with Gasteiger partial charge in [-0.1, -0.05) is 0 Å². The molecule has 2 amide bonds. The molecule has 1 rings (SSSR count). The van der Waals surface area contributed by atoms with Gasteiger partial charge in [-0.3, -0.25) is 9.80 Å². The summed E-state index contributed by atoms with van der Waals surface area (Å²) in [6.07, 6.45) is 0. The van der Waals surface area contributed by atoms with Crippen molar-refractivity contribution in [3.63, 3.8) is 0 Å². The fourth-order valence-electron chi connectivity index (χ4n) is 1.43. The average molecular weight is 247 g/mol. The molecule has 15 heavy (non-hydrogen) atoms. The molecule has 1 aliphatic rings. The molecule has 6 heteroatoms. The van der Waals surface area contributed by atoms with Gasteiger partial charge in [-0.15, -0.1) is 12.6 Å². The molecule has 0 bridgehead atoms. The standard InChI is InChI=1S/C9H17N3OS2/c1-9(2,3)12-6(13)10(4)7(14)11(5)8(12)15/h7,14H,1-5H3. The number of amides is 2. The van der Waals surface area contributed by atoms with Crippen LogP contribution in [0.3, 0.4) is 0 Å². The van der Waals surface area contributed by atoms with E-state index in [1.807, 2.05) is 27.8 Å². The lowest BCUT2D eigenvalue weighted by Crippen LogP contribution is -2.66. The zero-order valence-corrected chi connectivity index (χ0v) is 11.4. The summed E-state index contributed by atoms with van der Waals surface area (Å²) >= 11 is 9.58. The van der Waals surface area contributed by atoms with Crippen molar-refractivity contribution in [1.29, 1.82) is 0 Å². The lowest BCUT2D eigenvalue weighted by Gasteiger charge is -2.48. The Morgan fingerprint density at radius 3 is 2.13 bits per heavy atom. The first-order chi connectivity index (χ1) is 6.68. The van der Waals surface area contributed by atoms with Crippen LogP contribution in [0.2, 0.25) is 0 Å². The van der Waals surface area contributed by atoms with E-state index in [9.17, 15) is 4.79 Å². The van der Waals surface area contributed by atoms with Crippen LogP contribution < -0.4 is 0 Å². The first kappa shape index (κ1) is 12.6. The average Bonchev–Trinajstić information content (AvgIpc) is 2.09. The fourth-order valence-corrected chi connectivity index (χ4v) is 2.17. The van der Waals surface area contributed by atoms with Gasteiger partial charge in [-0.2, -0.15) is 0 Å². The molecule has 1 fully saturated rings. The summed E-state index contributed by atoms with van der Waals surface area (Å²) < 4.78 is 0. The van der Waals surface area contributed by atoms with Crippen molar-refractivity contribution >= 4 is 36.0 Å². The van der Waals surface area contributed by atoms with Crippen LogP contribution in [0.15, 0.2) is 0 Å². The first-order valence-electron chi connectivity index (χ1n) is 4.70. The van der Waals surface area contributed by atoms with E-state index >= 15 is 0 Å². The third-order valence-corrected chi connectivity index (χ3v) is 3.51. The first-order valence-corrected chi connectivity index (χ1v) is 5.62. The van der Waals surface area contributed by atoms with Gasteiger partial charge < -0.3 is 4.90 Å². The van der Waals surface area contributed by atoms with Crippen LogP contribution in [0.4, 0.5) is 4.79 Å². The summed E-state index contributed by atoms with van der Waals surface area (Å²) in [6.45, 7) is 5.87. The number of thiocarbonyl (C=S) groups is 1. The number of urea groups is 1. The number of hydrogen-bond donors (Lipinski definition) is 1. The highest BCUT2D eigenvalue weighted by Crippen LogP contribution is 2.25. The minimum absolute atomic E-state index is 0.106. The van der Waals surface area contributed by atoms with E-state index in [0.717, 1.165) is 0 Å². The van der Waals surface area contributed by atoms with Gasteiger partial charge >= 0.3 is 6.03 Å². The summed E-state index contributed by atoms with van der Waals surface area (Å²) in [7, 11) is 3.55. The van der Waals surface area contributed by atoms with E-state index in [1.165, 1.54) is 0 Å². The van der Waals surface area contributed by atoms with Gasteiger partial charge in [0.05, 0.1) is 0 Å². The Hall–Kier alpha value is -0.490. The van der Waals surface area contributed by atoms with Gasteiger partial charge in [0.2, 0.25) is 0 Å². The van der Waals surface area contributed by atoms with Gasteiger partial charge in [0.25, 0.3) is 0 Å². The van der Waals surface area contributed by atoms with E-state index in [0.29, 0.717) is 5.11 Å². The van der Waals surface area contributed by atoms with Gasteiger partial charge in [0, 0.05) is 19.6 Å². The quantitative estimate of drug-likeness (QED) is 0.520. The molecule has 4 nitrogen and oxygen atoms in total. The molecule has 0 aromatic heterocycles. The molecule has 0 aromatic rings. The Kier molecular flexibility index (Phi) is 3.21. The number of hydrogen-bond acceptors (Lipinski definition) is 3. The van der Waals surface area contributed by atoms with E-state index in [1.54, 1.807) is 21.7 Å². The highest BCUT2D eigenvalue weighted by atomic mass is 32.1. The highest BCUT2D eigenvalue weighted by molar-refractivity contribution is 7.81. The largest absolute Gasteiger partial charge is 0.328 e. The van der Waals surface area contributed by atoms with Gasteiger partial charge in [-0.05, 0) is 33.0 Å². The van der Waals surface area contributed by atoms with Crippen LogP contribution in [-0.4, -0.2) is 51.0 Å². The van der Waals surface area contributed by atoms with Gasteiger partial charge in [0.1, 0.15) is 0 Å². The lowest BCUT2D eigenvalue weighted by molar-refractivity contribution is 0.105. The molecular formula is C9H17N3OS2. The number of carbonyl (C=O) groups excluding carboxylic acids is 1. The molecule has 1 atom stereocenters. The number of carbonyl (C=O) groups is 1. The molecule has 1 aliphatic heterocycles. The van der Waals surface area contributed by atoms with E-state index < -0.39 is 0 Å². The third kappa shape index (κ3) is 2.06. The third-order valence-electron chi connectivity index (χ3n) is 2.35. The molecular weight excluding hydrogens is 230 g/mol. The Morgan fingerprint density at radius 2 is 1.73 bits per heavy atom. The molecule has 0 aliphatic carbocycles. The Labute approximate surface area is 102 Å². The predicted octanol–water partition coefficient (Wildman–Crippen LogP) is 1.58. The summed E-state index contributed by atoms with van der Waals surface area (Å²) in [6, 6.07) is -0.106. The maximum absolute atomic E-state index is 12.0. The normalized spacial score (nSPS) is 23.9. The van der Waals surface area contributed by atoms with Crippen LogP contribution in [0.25, 0.3) is 0 Å². The summed E-state index contributed by atoms with van der Waals surface area (Å²) in [5, 5.41) is 0.519. The predicted molar refractivity (Wildman–Crippen MR) is 67.9 cm³/mol. The van der Waals surface area contributed by atoms with Crippen molar-refractivity contribution < 1.29 is 4.79 Å². The smallest absolute Gasteiger partial charge is 0.323 e. The summed E-state index contributed by atoms with van der Waals surface area (Å²) in [5.74, 6) is 0. The topological polar surface area (TPSA) is 26.8 Å². The van der Waals surface area contributed by atoms with E-state index in [4.69, 9.17) is 12.2 Å². The van der Waals surface area contributed by atoms with Crippen molar-refractivity contribution in [3.05, 3.63) is 0 Å². The SMILES string of the molecule is CN1C(=O)N(C(C)(C)C)C(=S)N(C)C1S. The Balaban J connectivity index is 3.08. The molecule has 0 radical (unpaired) electrons. The van der Waals surface area contributed by atoms with Crippen LogP contribution >= 0.6 is 24.8 Å². The summed E-state index contributed by atoms with van der Waals surface area (Å²) in [4.78, 5) is 17.0. The van der Waals surface area contributed by atoms with Crippen LogP contribution in [-0.2, 0) is 0 Å². The minimum Gasteiger partial charge on any atom is -0.323 e. The number of rotatable bonds is 0. The zero-order chi connectivity index (χ0) is 12.0. The van der Waals surface area contributed by atoms with Crippen LogP contribution in [0.1, 0.15) is 20.8 Å². The molecule has 0 N–H and O–H groups in total. The Morgan fingerprint density at radius 1 is 1.27 bits per heavy atom. The van der Waals surface area contributed by atoms with E-state index in [-0.39, 0.29) is 17.1 Å². The molecule has 0 aromatic carbocycles. The molecule has 1 heterocycles. The summed E-state index contributed by atoms with van der Waals surface area (Å²) in [5.41, 5.74) is -0.603. The molecule has 0 saturated carbocycles. The second-order valence-corrected chi connectivity index (χ2v) is 5.47. The zero-order valence-electron chi connectivity index (χ0n) is 9.68. The van der Waals surface area contributed by atoms with Crippen molar-refractivity contribution in [2.24, 2.45) is 0 Å². The molecule has 1 saturated heterocycles. The van der Waals surface area contributed by atoms with Crippen molar-refractivity contribution in [2.45, 2.75) is 31.8 Å². The molecule has 86 valence electrons. The monoisotopic (exact) mass is 247 g/mol. The molecule has 0 spiro atoms. The maximum Gasteiger partial charge on any atom is 0.328 e. The van der Waals surface area contributed by atoms with Gasteiger partial charge in [0.15, 0.2) is 10.6 Å². The van der Waals surface area contributed by atoms with Crippen LogP contribution in [0, 0.1) is 0 Å². The van der Waals surface area contributed by atoms with Crippen molar-refractivity contribution in [1.82, 2.24) is 14.7 Å². The number of nitrogens with zero attached hydrogens (tertiary/aromatic N) is 3. The van der Waals surface area contributed by atoms with Crippen LogP contribution in [0.5, 0.6) is 0 Å².